The average Bonchev–Trinajstić information content (AvgIpc) is 2.76. The molecule has 4 rings (SSSR count). The van der Waals surface area contributed by atoms with Gasteiger partial charge in [0.15, 0.2) is 11.6 Å². The zero-order valence-electron chi connectivity index (χ0n) is 17.3. The molecule has 2 aromatic heterocycles. The van der Waals surface area contributed by atoms with Gasteiger partial charge in [0.1, 0.15) is 12.0 Å². The summed E-state index contributed by atoms with van der Waals surface area (Å²) >= 11 is 0. The fourth-order valence-electron chi connectivity index (χ4n) is 3.34. The van der Waals surface area contributed by atoms with Crippen LogP contribution in [0.15, 0.2) is 60.9 Å². The largest absolute Gasteiger partial charge is 0.393 e. The van der Waals surface area contributed by atoms with Crippen LogP contribution in [0, 0.1) is 6.92 Å². The Morgan fingerprint density at radius 2 is 1.67 bits per heavy atom. The lowest BCUT2D eigenvalue weighted by Gasteiger charge is -2.14. The molecule has 0 fully saturated rings. The molecular formula is C24H26N6. The van der Waals surface area contributed by atoms with Gasteiger partial charge in [0.2, 0.25) is 0 Å². The van der Waals surface area contributed by atoms with Crippen LogP contribution in [0.25, 0.3) is 10.9 Å². The molecule has 152 valence electrons. The van der Waals surface area contributed by atoms with Crippen molar-refractivity contribution in [1.82, 2.24) is 15.0 Å². The highest BCUT2D eigenvalue weighted by atomic mass is 15.1. The molecule has 0 saturated heterocycles. The van der Waals surface area contributed by atoms with Gasteiger partial charge in [-0.3, -0.25) is 4.98 Å². The number of anilines is 5. The van der Waals surface area contributed by atoms with E-state index < -0.39 is 0 Å². The van der Waals surface area contributed by atoms with Gasteiger partial charge in [0.25, 0.3) is 0 Å². The predicted octanol–water partition coefficient (Wildman–Crippen LogP) is 5.75. The predicted molar refractivity (Wildman–Crippen MR) is 125 cm³/mol. The fourth-order valence-corrected chi connectivity index (χ4v) is 3.34. The highest BCUT2D eigenvalue weighted by molar-refractivity contribution is 5.93. The molecule has 0 amide bonds. The summed E-state index contributed by atoms with van der Waals surface area (Å²) in [5.74, 6) is 1.11. The third-order valence-electron chi connectivity index (χ3n) is 5.03. The summed E-state index contributed by atoms with van der Waals surface area (Å²) in [6.45, 7) is 4.18. The van der Waals surface area contributed by atoms with E-state index >= 15 is 0 Å². The first-order chi connectivity index (χ1) is 14.6. The Balaban J connectivity index is 1.57. The van der Waals surface area contributed by atoms with Crippen LogP contribution in [-0.2, 0) is 6.42 Å². The molecule has 6 nitrogen and oxygen atoms in total. The minimum atomic E-state index is 0.456. The number of nitrogen functional groups attached to an aromatic ring is 1. The van der Waals surface area contributed by atoms with Crippen molar-refractivity contribution in [3.8, 4) is 0 Å². The molecule has 0 aliphatic heterocycles. The standard InChI is InChI=1S/C24H26N6/c1-3-4-6-17-10-13-19(14-11-17)29-23-21(25)24(27-15-26-23)30-20-8-5-7-18-12-9-16(2)28-22(18)20/h5,7-15H,3-4,6,25H2,1-2H3,(H2,26,27,29,30). The van der Waals surface area contributed by atoms with Crippen LogP contribution >= 0.6 is 0 Å². The SMILES string of the molecule is CCCCc1ccc(Nc2ncnc(Nc3cccc4ccc(C)nc34)c2N)cc1. The Morgan fingerprint density at radius 1 is 0.900 bits per heavy atom. The number of aromatic nitrogens is 3. The van der Waals surface area contributed by atoms with E-state index in [-0.39, 0.29) is 0 Å². The normalized spacial score (nSPS) is 10.9. The van der Waals surface area contributed by atoms with Crippen molar-refractivity contribution in [2.75, 3.05) is 16.4 Å². The lowest BCUT2D eigenvalue weighted by molar-refractivity contribution is 0.795. The van der Waals surface area contributed by atoms with E-state index in [2.05, 4.69) is 62.8 Å². The summed E-state index contributed by atoms with van der Waals surface area (Å²) < 4.78 is 0. The molecule has 0 unspecified atom stereocenters. The van der Waals surface area contributed by atoms with E-state index in [1.165, 1.54) is 24.7 Å². The molecule has 2 aromatic carbocycles. The second kappa shape index (κ2) is 8.78. The number of hydrogen-bond donors (Lipinski definition) is 3. The summed E-state index contributed by atoms with van der Waals surface area (Å²) in [6.07, 6.45) is 4.99. The van der Waals surface area contributed by atoms with Crippen molar-refractivity contribution in [3.63, 3.8) is 0 Å². The van der Waals surface area contributed by atoms with Gasteiger partial charge >= 0.3 is 0 Å². The minimum Gasteiger partial charge on any atom is -0.393 e. The summed E-state index contributed by atoms with van der Waals surface area (Å²) in [7, 11) is 0. The van der Waals surface area contributed by atoms with Crippen molar-refractivity contribution < 1.29 is 0 Å². The number of nitrogens with two attached hydrogens (primary N) is 1. The second-order valence-corrected chi connectivity index (χ2v) is 7.36. The smallest absolute Gasteiger partial charge is 0.159 e. The van der Waals surface area contributed by atoms with Crippen molar-refractivity contribution >= 4 is 39.6 Å². The van der Waals surface area contributed by atoms with Crippen molar-refractivity contribution in [3.05, 3.63) is 72.2 Å². The van der Waals surface area contributed by atoms with Gasteiger partial charge in [-0.15, -0.1) is 0 Å². The number of hydrogen-bond acceptors (Lipinski definition) is 6. The van der Waals surface area contributed by atoms with Crippen LogP contribution in [0.2, 0.25) is 0 Å². The van der Waals surface area contributed by atoms with E-state index in [0.29, 0.717) is 17.3 Å². The van der Waals surface area contributed by atoms with Crippen molar-refractivity contribution in [2.24, 2.45) is 0 Å². The minimum absolute atomic E-state index is 0.456. The van der Waals surface area contributed by atoms with Crippen molar-refractivity contribution in [1.29, 1.82) is 0 Å². The molecule has 0 saturated carbocycles. The van der Waals surface area contributed by atoms with Gasteiger partial charge in [0, 0.05) is 16.8 Å². The van der Waals surface area contributed by atoms with Gasteiger partial charge < -0.3 is 16.4 Å². The Kier molecular flexibility index (Phi) is 5.75. The van der Waals surface area contributed by atoms with Gasteiger partial charge in [-0.05, 0) is 49.6 Å². The third kappa shape index (κ3) is 4.33. The number of rotatable bonds is 7. The van der Waals surface area contributed by atoms with E-state index in [4.69, 9.17) is 5.73 Å². The number of para-hydroxylation sites is 1. The van der Waals surface area contributed by atoms with Crippen LogP contribution < -0.4 is 16.4 Å². The maximum Gasteiger partial charge on any atom is 0.159 e. The Labute approximate surface area is 176 Å². The number of nitrogens with zero attached hydrogens (tertiary/aromatic N) is 3. The Bertz CT molecular complexity index is 1150. The highest BCUT2D eigenvalue weighted by Gasteiger charge is 2.11. The summed E-state index contributed by atoms with van der Waals surface area (Å²) in [4.78, 5) is 13.3. The van der Waals surface area contributed by atoms with Crippen LogP contribution in [0.3, 0.4) is 0 Å². The monoisotopic (exact) mass is 398 g/mol. The molecule has 4 N–H and O–H groups in total. The fraction of sp³-hybridized carbons (Fsp3) is 0.208. The Hall–Kier alpha value is -3.67. The van der Waals surface area contributed by atoms with E-state index in [1.807, 2.05) is 31.2 Å². The van der Waals surface area contributed by atoms with Gasteiger partial charge in [-0.1, -0.05) is 43.7 Å². The molecule has 0 spiro atoms. The molecule has 0 bridgehead atoms. The molecule has 6 heteroatoms. The molecule has 0 radical (unpaired) electrons. The number of unbranched alkanes of at least 4 members (excludes halogenated alkanes) is 1. The maximum atomic E-state index is 6.38. The molecule has 0 aliphatic carbocycles. The molecule has 0 aliphatic rings. The first kappa shape index (κ1) is 19.6. The lowest BCUT2D eigenvalue weighted by Crippen LogP contribution is -2.05. The number of fused-ring (bicyclic) bond motifs is 1. The third-order valence-corrected chi connectivity index (χ3v) is 5.03. The van der Waals surface area contributed by atoms with Crippen LogP contribution in [-0.4, -0.2) is 15.0 Å². The lowest BCUT2D eigenvalue weighted by atomic mass is 10.1. The quantitative estimate of drug-likeness (QED) is 0.367. The number of pyridine rings is 1. The van der Waals surface area contributed by atoms with Crippen LogP contribution in [0.1, 0.15) is 31.0 Å². The highest BCUT2D eigenvalue weighted by Crippen LogP contribution is 2.30. The van der Waals surface area contributed by atoms with Crippen molar-refractivity contribution in [2.45, 2.75) is 33.1 Å². The average molecular weight is 399 g/mol. The number of aryl methyl sites for hydroxylation is 2. The van der Waals surface area contributed by atoms with E-state index in [9.17, 15) is 0 Å². The Morgan fingerprint density at radius 3 is 2.43 bits per heavy atom. The maximum absolute atomic E-state index is 6.38. The number of nitrogens with one attached hydrogen (secondary N) is 2. The summed E-state index contributed by atoms with van der Waals surface area (Å²) in [5, 5.41) is 7.67. The molecular weight excluding hydrogens is 372 g/mol. The molecule has 30 heavy (non-hydrogen) atoms. The zero-order chi connectivity index (χ0) is 20.9. The molecule has 2 heterocycles. The topological polar surface area (TPSA) is 88.8 Å². The van der Waals surface area contributed by atoms with Gasteiger partial charge in [0.05, 0.1) is 11.2 Å². The molecule has 0 atom stereocenters. The zero-order valence-corrected chi connectivity index (χ0v) is 17.3. The summed E-state index contributed by atoms with van der Waals surface area (Å²) in [6, 6.07) is 18.4. The van der Waals surface area contributed by atoms with Gasteiger partial charge in [-0.25, -0.2) is 9.97 Å². The van der Waals surface area contributed by atoms with E-state index in [0.717, 1.165) is 34.4 Å². The van der Waals surface area contributed by atoms with Gasteiger partial charge in [-0.2, -0.15) is 0 Å². The second-order valence-electron chi connectivity index (χ2n) is 7.36. The molecule has 4 aromatic rings. The first-order valence-corrected chi connectivity index (χ1v) is 10.2. The van der Waals surface area contributed by atoms with E-state index in [1.54, 1.807) is 0 Å². The van der Waals surface area contributed by atoms with Crippen LogP contribution in [0.4, 0.5) is 28.7 Å². The number of benzene rings is 2. The first-order valence-electron chi connectivity index (χ1n) is 10.2. The summed E-state index contributed by atoms with van der Waals surface area (Å²) in [5.41, 5.74) is 11.8. The van der Waals surface area contributed by atoms with Crippen LogP contribution in [0.5, 0.6) is 0 Å².